The number of nitrogens with zero attached hydrogens (tertiary/aromatic N) is 2. The summed E-state index contributed by atoms with van der Waals surface area (Å²) in [5.74, 6) is -0.140. The summed E-state index contributed by atoms with van der Waals surface area (Å²) in [7, 11) is 0. The van der Waals surface area contributed by atoms with Crippen molar-refractivity contribution in [1.29, 1.82) is 0 Å². The van der Waals surface area contributed by atoms with Gasteiger partial charge in [0.05, 0.1) is 10.7 Å². The van der Waals surface area contributed by atoms with E-state index in [1.165, 1.54) is 0 Å². The molecule has 0 unspecified atom stereocenters. The molecule has 0 saturated carbocycles. The fourth-order valence-corrected chi connectivity index (χ4v) is 1.46. The molecule has 3 N–H and O–H groups in total. The van der Waals surface area contributed by atoms with Crippen LogP contribution in [0, 0.1) is 6.92 Å². The molecule has 1 heterocycles. The summed E-state index contributed by atoms with van der Waals surface area (Å²) in [5, 5.41) is 6.95. The monoisotopic (exact) mass is 240 g/mol. The van der Waals surface area contributed by atoms with Gasteiger partial charge in [0, 0.05) is 19.5 Å². The lowest BCUT2D eigenvalue weighted by Crippen LogP contribution is -2.29. The molecule has 16 heavy (non-hydrogen) atoms. The number of aryl methyl sites for hydroxylation is 2. The van der Waals surface area contributed by atoms with Crippen LogP contribution in [-0.4, -0.2) is 27.2 Å². The zero-order chi connectivity index (χ0) is 12.1. The number of aromatic nitrogens is 2. The van der Waals surface area contributed by atoms with Gasteiger partial charge in [-0.05, 0) is 19.9 Å². The van der Waals surface area contributed by atoms with Crippen molar-refractivity contribution in [2.45, 2.75) is 26.8 Å². The van der Waals surface area contributed by atoms with E-state index in [9.17, 15) is 4.79 Å². The van der Waals surface area contributed by atoms with Crippen molar-refractivity contribution >= 4 is 23.1 Å². The Hall–Kier alpha value is -1.43. The highest BCUT2D eigenvalue weighted by Gasteiger charge is 2.12. The Morgan fingerprint density at radius 2 is 2.38 bits per heavy atom. The number of thiocarbonyl (C=S) groups is 1. The molecule has 88 valence electrons. The molecule has 6 heteroatoms. The second kappa shape index (κ2) is 5.60. The van der Waals surface area contributed by atoms with Gasteiger partial charge < -0.3 is 11.1 Å². The van der Waals surface area contributed by atoms with Crippen molar-refractivity contribution in [3.63, 3.8) is 0 Å². The molecule has 1 amide bonds. The number of amides is 1. The lowest BCUT2D eigenvalue weighted by molar-refractivity contribution is 0.0944. The maximum atomic E-state index is 11.8. The van der Waals surface area contributed by atoms with E-state index in [-0.39, 0.29) is 5.91 Å². The quantitative estimate of drug-likeness (QED) is 0.740. The summed E-state index contributed by atoms with van der Waals surface area (Å²) in [6, 6.07) is 1.76. The van der Waals surface area contributed by atoms with E-state index in [0.29, 0.717) is 30.2 Å². The SMILES string of the molecule is CCn1nc(C)cc1C(=O)NCCC(N)=S. The predicted molar refractivity (Wildman–Crippen MR) is 66.4 cm³/mol. The van der Waals surface area contributed by atoms with E-state index in [1.807, 2.05) is 13.8 Å². The Morgan fingerprint density at radius 3 is 2.94 bits per heavy atom. The molecule has 0 radical (unpaired) electrons. The largest absolute Gasteiger partial charge is 0.393 e. The van der Waals surface area contributed by atoms with Crippen molar-refractivity contribution in [2.24, 2.45) is 5.73 Å². The van der Waals surface area contributed by atoms with Crippen LogP contribution < -0.4 is 11.1 Å². The van der Waals surface area contributed by atoms with Gasteiger partial charge in [0.15, 0.2) is 0 Å². The number of rotatable bonds is 5. The predicted octanol–water partition coefficient (Wildman–Crippen LogP) is 0.617. The normalized spacial score (nSPS) is 10.1. The van der Waals surface area contributed by atoms with Gasteiger partial charge >= 0.3 is 0 Å². The maximum absolute atomic E-state index is 11.8. The second-order valence-electron chi connectivity index (χ2n) is 3.46. The van der Waals surface area contributed by atoms with Crippen LogP contribution in [0.3, 0.4) is 0 Å². The second-order valence-corrected chi connectivity index (χ2v) is 3.98. The lowest BCUT2D eigenvalue weighted by atomic mass is 10.3. The molecule has 0 bridgehead atoms. The van der Waals surface area contributed by atoms with Crippen LogP contribution >= 0.6 is 12.2 Å². The van der Waals surface area contributed by atoms with Crippen molar-refractivity contribution in [1.82, 2.24) is 15.1 Å². The fourth-order valence-electron chi connectivity index (χ4n) is 1.36. The molecule has 0 spiro atoms. The van der Waals surface area contributed by atoms with E-state index in [0.717, 1.165) is 5.69 Å². The van der Waals surface area contributed by atoms with Gasteiger partial charge in [0.2, 0.25) is 0 Å². The molecule has 1 aromatic heterocycles. The third kappa shape index (κ3) is 3.30. The number of hydrogen-bond donors (Lipinski definition) is 2. The van der Waals surface area contributed by atoms with Crippen LogP contribution in [0.5, 0.6) is 0 Å². The first-order valence-electron chi connectivity index (χ1n) is 5.15. The molecule has 0 saturated heterocycles. The summed E-state index contributed by atoms with van der Waals surface area (Å²) in [6.07, 6.45) is 0.514. The van der Waals surface area contributed by atoms with Crippen LogP contribution in [0.15, 0.2) is 6.07 Å². The molecule has 0 aliphatic heterocycles. The van der Waals surface area contributed by atoms with Gasteiger partial charge in [-0.25, -0.2) is 0 Å². The van der Waals surface area contributed by atoms with Gasteiger partial charge in [0.25, 0.3) is 5.91 Å². The third-order valence-electron chi connectivity index (χ3n) is 2.09. The standard InChI is InChI=1S/C10H16N4OS/c1-3-14-8(6-7(2)13-14)10(15)12-5-4-9(11)16/h6H,3-5H2,1-2H3,(H2,11,16)(H,12,15). The van der Waals surface area contributed by atoms with Crippen LogP contribution in [-0.2, 0) is 6.54 Å². The molecule has 0 aromatic carbocycles. The topological polar surface area (TPSA) is 72.9 Å². The maximum Gasteiger partial charge on any atom is 0.269 e. The van der Waals surface area contributed by atoms with Gasteiger partial charge in [-0.1, -0.05) is 12.2 Å². The molecule has 0 aliphatic carbocycles. The minimum absolute atomic E-state index is 0.140. The highest BCUT2D eigenvalue weighted by molar-refractivity contribution is 7.80. The number of carbonyl (C=O) groups excluding carboxylic acids is 1. The van der Waals surface area contributed by atoms with Gasteiger partial charge in [-0.2, -0.15) is 5.10 Å². The molecular weight excluding hydrogens is 224 g/mol. The van der Waals surface area contributed by atoms with Crippen LogP contribution in [0.4, 0.5) is 0 Å². The average Bonchev–Trinajstić information content (AvgIpc) is 2.59. The summed E-state index contributed by atoms with van der Waals surface area (Å²) in [4.78, 5) is 12.2. The fraction of sp³-hybridized carbons (Fsp3) is 0.500. The minimum Gasteiger partial charge on any atom is -0.393 e. The van der Waals surface area contributed by atoms with Crippen LogP contribution in [0.1, 0.15) is 29.5 Å². The Balaban J connectivity index is 2.61. The number of nitrogens with one attached hydrogen (secondary N) is 1. The first-order valence-corrected chi connectivity index (χ1v) is 5.56. The van der Waals surface area contributed by atoms with E-state index in [4.69, 9.17) is 18.0 Å². The van der Waals surface area contributed by atoms with Crippen LogP contribution in [0.2, 0.25) is 0 Å². The van der Waals surface area contributed by atoms with Gasteiger partial charge in [0.1, 0.15) is 5.69 Å². The summed E-state index contributed by atoms with van der Waals surface area (Å²) >= 11 is 4.73. The van der Waals surface area contributed by atoms with Crippen molar-refractivity contribution < 1.29 is 4.79 Å². The van der Waals surface area contributed by atoms with E-state index in [1.54, 1.807) is 10.7 Å². The van der Waals surface area contributed by atoms with Gasteiger partial charge in [-0.3, -0.25) is 9.48 Å². The number of hydrogen-bond acceptors (Lipinski definition) is 3. The van der Waals surface area contributed by atoms with E-state index < -0.39 is 0 Å². The molecule has 1 aromatic rings. The first kappa shape index (κ1) is 12.6. The molecule has 0 atom stereocenters. The first-order chi connectivity index (χ1) is 7.54. The zero-order valence-corrected chi connectivity index (χ0v) is 10.3. The van der Waals surface area contributed by atoms with Crippen molar-refractivity contribution in [2.75, 3.05) is 6.54 Å². The highest BCUT2D eigenvalue weighted by Crippen LogP contribution is 2.03. The summed E-state index contributed by atoms with van der Waals surface area (Å²) in [5.41, 5.74) is 6.75. The summed E-state index contributed by atoms with van der Waals surface area (Å²) < 4.78 is 1.67. The average molecular weight is 240 g/mol. The third-order valence-corrected chi connectivity index (χ3v) is 2.30. The summed E-state index contributed by atoms with van der Waals surface area (Å²) in [6.45, 7) is 4.93. The molecule has 0 fully saturated rings. The Kier molecular flexibility index (Phi) is 4.42. The Morgan fingerprint density at radius 1 is 1.69 bits per heavy atom. The van der Waals surface area contributed by atoms with Crippen molar-refractivity contribution in [3.8, 4) is 0 Å². The smallest absolute Gasteiger partial charge is 0.269 e. The molecule has 0 aliphatic rings. The number of carbonyl (C=O) groups is 1. The highest BCUT2D eigenvalue weighted by atomic mass is 32.1. The Bertz CT molecular complexity index is 400. The van der Waals surface area contributed by atoms with E-state index >= 15 is 0 Å². The molecular formula is C10H16N4OS. The van der Waals surface area contributed by atoms with E-state index in [2.05, 4.69) is 10.4 Å². The van der Waals surface area contributed by atoms with Gasteiger partial charge in [-0.15, -0.1) is 0 Å². The molecule has 5 nitrogen and oxygen atoms in total. The van der Waals surface area contributed by atoms with Crippen molar-refractivity contribution in [3.05, 3.63) is 17.5 Å². The molecule has 1 rings (SSSR count). The zero-order valence-electron chi connectivity index (χ0n) is 9.49. The minimum atomic E-state index is -0.140. The van der Waals surface area contributed by atoms with Crippen LogP contribution in [0.25, 0.3) is 0 Å². The lowest BCUT2D eigenvalue weighted by Gasteiger charge is -2.05. The Labute approximate surface area is 100 Å². The number of nitrogens with two attached hydrogens (primary N) is 1.